The van der Waals surface area contributed by atoms with Gasteiger partial charge in [0.25, 0.3) is 5.91 Å². The van der Waals surface area contributed by atoms with Crippen LogP contribution < -0.4 is 16.2 Å². The predicted octanol–water partition coefficient (Wildman–Crippen LogP) is 2.99. The number of hydrogen-bond acceptors (Lipinski definition) is 6. The number of hydrazine groups is 1. The number of carbonyl (C=O) groups is 2. The van der Waals surface area contributed by atoms with Gasteiger partial charge < -0.3 is 9.84 Å². The Kier molecular flexibility index (Phi) is 6.96. The van der Waals surface area contributed by atoms with E-state index < -0.39 is 5.91 Å². The number of aromatic nitrogens is 2. The number of aryl methyl sites for hydroxylation is 4. The molecule has 9 heteroatoms. The number of rotatable bonds is 7. The van der Waals surface area contributed by atoms with E-state index in [0.29, 0.717) is 17.0 Å². The topological polar surface area (TPSA) is 109 Å². The zero-order chi connectivity index (χ0) is 22.4. The maximum atomic E-state index is 13.4. The van der Waals surface area contributed by atoms with Crippen molar-refractivity contribution in [1.29, 1.82) is 0 Å². The fourth-order valence-corrected chi connectivity index (χ4v) is 2.91. The van der Waals surface area contributed by atoms with Gasteiger partial charge in [0.2, 0.25) is 17.6 Å². The van der Waals surface area contributed by atoms with Crippen molar-refractivity contribution in [3.05, 3.63) is 64.8 Å². The summed E-state index contributed by atoms with van der Waals surface area (Å²) in [6.45, 7) is 5.62. The first-order chi connectivity index (χ1) is 14.8. The number of carbonyl (C=O) groups excluding carboxylic acids is 2. The van der Waals surface area contributed by atoms with E-state index in [2.05, 4.69) is 26.3 Å². The Bertz CT molecular complexity index is 1100. The van der Waals surface area contributed by atoms with Gasteiger partial charge in [-0.05, 0) is 56.2 Å². The number of benzene rings is 2. The molecule has 0 fully saturated rings. The number of anilines is 1. The fraction of sp³-hybridized carbons (Fsp3) is 0.273. The molecule has 0 radical (unpaired) electrons. The molecule has 3 rings (SSSR count). The Balaban J connectivity index is 1.41. The molecule has 0 saturated heterocycles. The van der Waals surface area contributed by atoms with Crippen molar-refractivity contribution in [2.75, 3.05) is 11.9 Å². The zero-order valence-electron chi connectivity index (χ0n) is 17.6. The van der Waals surface area contributed by atoms with Gasteiger partial charge in [-0.2, -0.15) is 4.98 Å². The van der Waals surface area contributed by atoms with E-state index in [-0.39, 0.29) is 37.0 Å². The second kappa shape index (κ2) is 9.84. The summed E-state index contributed by atoms with van der Waals surface area (Å²) >= 11 is 0. The minimum Gasteiger partial charge on any atom is -0.376 e. The molecule has 0 atom stereocenters. The minimum atomic E-state index is -0.391. The van der Waals surface area contributed by atoms with Crippen LogP contribution in [-0.4, -0.2) is 28.5 Å². The quantitative estimate of drug-likeness (QED) is 0.502. The highest BCUT2D eigenvalue weighted by Crippen LogP contribution is 2.19. The van der Waals surface area contributed by atoms with Crippen molar-refractivity contribution in [1.82, 2.24) is 21.0 Å². The van der Waals surface area contributed by atoms with Crippen LogP contribution >= 0.6 is 0 Å². The van der Waals surface area contributed by atoms with Crippen LogP contribution in [0, 0.1) is 26.6 Å². The van der Waals surface area contributed by atoms with Gasteiger partial charge in [0.05, 0.1) is 6.54 Å². The largest absolute Gasteiger partial charge is 0.376 e. The summed E-state index contributed by atoms with van der Waals surface area (Å²) in [7, 11) is 0. The smallest absolute Gasteiger partial charge is 0.257 e. The summed E-state index contributed by atoms with van der Waals surface area (Å²) in [5.74, 6) is -0.480. The third-order valence-corrected chi connectivity index (χ3v) is 4.61. The molecule has 1 aromatic heterocycles. The average Bonchev–Trinajstić information content (AvgIpc) is 3.21. The van der Waals surface area contributed by atoms with Crippen molar-refractivity contribution < 1.29 is 18.5 Å². The predicted molar refractivity (Wildman–Crippen MR) is 113 cm³/mol. The molecule has 2 aromatic carbocycles. The SMILES string of the molecule is Cc1ccc(NCC(=O)NNC(=O)CCc2nc(-c3ccc(F)c(C)c3)no2)c(C)c1. The van der Waals surface area contributed by atoms with Gasteiger partial charge in [0, 0.05) is 24.1 Å². The van der Waals surface area contributed by atoms with Crippen molar-refractivity contribution in [3.8, 4) is 11.4 Å². The maximum Gasteiger partial charge on any atom is 0.257 e. The summed E-state index contributed by atoms with van der Waals surface area (Å²) in [4.78, 5) is 28.1. The Labute approximate surface area is 179 Å². The summed E-state index contributed by atoms with van der Waals surface area (Å²) in [5.41, 5.74) is 8.85. The highest BCUT2D eigenvalue weighted by Gasteiger charge is 2.12. The van der Waals surface area contributed by atoms with Crippen molar-refractivity contribution in [2.45, 2.75) is 33.6 Å². The highest BCUT2D eigenvalue weighted by atomic mass is 19.1. The van der Waals surface area contributed by atoms with E-state index in [1.54, 1.807) is 19.1 Å². The van der Waals surface area contributed by atoms with E-state index in [4.69, 9.17) is 4.52 Å². The van der Waals surface area contributed by atoms with Crippen molar-refractivity contribution in [2.24, 2.45) is 0 Å². The van der Waals surface area contributed by atoms with Crippen LogP contribution in [0.4, 0.5) is 10.1 Å². The van der Waals surface area contributed by atoms with Crippen LogP contribution in [0.25, 0.3) is 11.4 Å². The standard InChI is InChI=1S/C22H24FN5O3/c1-13-4-7-18(15(3)10-13)24-12-20(30)27-26-19(29)8-9-21-25-22(28-31-21)16-5-6-17(23)14(2)11-16/h4-7,10-11,24H,8-9,12H2,1-3H3,(H,26,29)(H,27,30). The molecule has 162 valence electrons. The van der Waals surface area contributed by atoms with Gasteiger partial charge in [-0.15, -0.1) is 0 Å². The maximum absolute atomic E-state index is 13.4. The molecule has 0 bridgehead atoms. The van der Waals surface area contributed by atoms with Crippen LogP contribution in [0.2, 0.25) is 0 Å². The molecular weight excluding hydrogens is 401 g/mol. The Morgan fingerprint density at radius 3 is 2.52 bits per heavy atom. The lowest BCUT2D eigenvalue weighted by Gasteiger charge is -2.11. The first-order valence-corrected chi connectivity index (χ1v) is 9.80. The van der Waals surface area contributed by atoms with Gasteiger partial charge in [0.15, 0.2) is 0 Å². The molecule has 0 unspecified atom stereocenters. The number of hydrogen-bond donors (Lipinski definition) is 3. The second-order valence-corrected chi connectivity index (χ2v) is 7.24. The van der Waals surface area contributed by atoms with Gasteiger partial charge >= 0.3 is 0 Å². The summed E-state index contributed by atoms with van der Waals surface area (Å²) < 4.78 is 18.5. The number of amides is 2. The molecule has 3 aromatic rings. The molecule has 31 heavy (non-hydrogen) atoms. The van der Waals surface area contributed by atoms with Crippen LogP contribution in [0.1, 0.15) is 29.0 Å². The van der Waals surface area contributed by atoms with Crippen LogP contribution in [0.15, 0.2) is 40.9 Å². The van der Waals surface area contributed by atoms with Gasteiger partial charge in [0.1, 0.15) is 5.82 Å². The number of halogens is 1. The van der Waals surface area contributed by atoms with Crippen LogP contribution in [0.5, 0.6) is 0 Å². The van der Waals surface area contributed by atoms with Crippen LogP contribution in [-0.2, 0) is 16.0 Å². The van der Waals surface area contributed by atoms with E-state index in [1.165, 1.54) is 6.07 Å². The molecule has 0 aliphatic carbocycles. The monoisotopic (exact) mass is 425 g/mol. The lowest BCUT2D eigenvalue weighted by molar-refractivity contribution is -0.128. The number of nitrogens with zero attached hydrogens (tertiary/aromatic N) is 2. The average molecular weight is 425 g/mol. The molecule has 2 amide bonds. The second-order valence-electron chi connectivity index (χ2n) is 7.24. The van der Waals surface area contributed by atoms with Crippen molar-refractivity contribution >= 4 is 17.5 Å². The lowest BCUT2D eigenvalue weighted by Crippen LogP contribution is -2.44. The minimum absolute atomic E-state index is 0.0221. The molecular formula is C22H24FN5O3. The molecule has 0 aliphatic rings. The molecule has 0 aliphatic heterocycles. The van der Waals surface area contributed by atoms with E-state index in [9.17, 15) is 14.0 Å². The Hall–Kier alpha value is -3.75. The summed E-state index contributed by atoms with van der Waals surface area (Å²) in [5, 5.41) is 6.88. The van der Waals surface area contributed by atoms with E-state index in [1.807, 2.05) is 32.0 Å². The van der Waals surface area contributed by atoms with E-state index in [0.717, 1.165) is 16.8 Å². The zero-order valence-corrected chi connectivity index (χ0v) is 17.6. The first-order valence-electron chi connectivity index (χ1n) is 9.80. The third kappa shape index (κ3) is 6.11. The van der Waals surface area contributed by atoms with E-state index >= 15 is 0 Å². The summed E-state index contributed by atoms with van der Waals surface area (Å²) in [6.07, 6.45) is 0.255. The van der Waals surface area contributed by atoms with Gasteiger partial charge in [-0.25, -0.2) is 4.39 Å². The third-order valence-electron chi connectivity index (χ3n) is 4.61. The molecule has 0 saturated carbocycles. The Morgan fingerprint density at radius 1 is 1.00 bits per heavy atom. The highest BCUT2D eigenvalue weighted by molar-refractivity contribution is 5.84. The molecule has 1 heterocycles. The van der Waals surface area contributed by atoms with Gasteiger partial charge in [-0.3, -0.25) is 20.4 Å². The van der Waals surface area contributed by atoms with Crippen LogP contribution in [0.3, 0.4) is 0 Å². The molecule has 0 spiro atoms. The fourth-order valence-electron chi connectivity index (χ4n) is 2.91. The first kappa shape index (κ1) is 21.9. The molecule has 3 N–H and O–H groups in total. The van der Waals surface area contributed by atoms with Crippen molar-refractivity contribution in [3.63, 3.8) is 0 Å². The molecule has 8 nitrogen and oxygen atoms in total. The lowest BCUT2D eigenvalue weighted by atomic mass is 10.1. The normalized spacial score (nSPS) is 10.6. The van der Waals surface area contributed by atoms with Gasteiger partial charge in [-0.1, -0.05) is 22.9 Å². The number of nitrogens with one attached hydrogen (secondary N) is 3. The summed E-state index contributed by atoms with van der Waals surface area (Å²) in [6, 6.07) is 10.4. The Morgan fingerprint density at radius 2 is 1.77 bits per heavy atom.